The number of hydrogen-bond acceptors (Lipinski definition) is 4. The maximum Gasteiger partial charge on any atom is 0.244 e. The molecule has 124 valence electrons. The van der Waals surface area contributed by atoms with Gasteiger partial charge in [0.15, 0.2) is 0 Å². The van der Waals surface area contributed by atoms with Gasteiger partial charge in [-0.2, -0.15) is 4.31 Å². The lowest BCUT2D eigenvalue weighted by atomic mass is 10.1. The first kappa shape index (κ1) is 17.4. The molecule has 1 heterocycles. The summed E-state index contributed by atoms with van der Waals surface area (Å²) in [5.74, 6) is 0.629. The molecular formula is C17H23N3O2S. The molecule has 0 unspecified atom stereocenters. The Labute approximate surface area is 138 Å². The smallest absolute Gasteiger partial charge is 0.244 e. The summed E-state index contributed by atoms with van der Waals surface area (Å²) in [7, 11) is -3.46. The number of aryl methyl sites for hydroxylation is 1. The summed E-state index contributed by atoms with van der Waals surface area (Å²) < 4.78 is 26.3. The van der Waals surface area contributed by atoms with Gasteiger partial charge in [-0.3, -0.25) is 0 Å². The van der Waals surface area contributed by atoms with Crippen LogP contribution in [0.1, 0.15) is 26.3 Å². The maximum absolute atomic E-state index is 12.4. The number of para-hydroxylation sites is 1. The molecule has 23 heavy (non-hydrogen) atoms. The molecule has 0 atom stereocenters. The largest absolute Gasteiger partial charge is 0.340 e. The van der Waals surface area contributed by atoms with E-state index in [0.717, 1.165) is 12.1 Å². The fourth-order valence-electron chi connectivity index (χ4n) is 2.41. The van der Waals surface area contributed by atoms with Gasteiger partial charge in [0.25, 0.3) is 0 Å². The minimum atomic E-state index is -3.46. The minimum absolute atomic E-state index is 0.218. The van der Waals surface area contributed by atoms with Crippen LogP contribution in [0.4, 0.5) is 11.5 Å². The monoisotopic (exact) mass is 333 g/mol. The maximum atomic E-state index is 12.4. The van der Waals surface area contributed by atoms with Crippen LogP contribution in [0.3, 0.4) is 0 Å². The predicted molar refractivity (Wildman–Crippen MR) is 93.4 cm³/mol. The highest BCUT2D eigenvalue weighted by molar-refractivity contribution is 7.89. The van der Waals surface area contributed by atoms with E-state index >= 15 is 0 Å². The van der Waals surface area contributed by atoms with Gasteiger partial charge in [0.2, 0.25) is 10.0 Å². The molecule has 1 aromatic heterocycles. The van der Waals surface area contributed by atoms with Crippen molar-refractivity contribution in [1.82, 2.24) is 9.29 Å². The third kappa shape index (κ3) is 3.89. The van der Waals surface area contributed by atoms with Crippen LogP contribution in [-0.2, 0) is 16.4 Å². The first-order valence-electron chi connectivity index (χ1n) is 7.84. The molecule has 0 bridgehead atoms. The fraction of sp³-hybridized carbons (Fsp3) is 0.353. The van der Waals surface area contributed by atoms with Crippen LogP contribution in [0, 0.1) is 0 Å². The summed E-state index contributed by atoms with van der Waals surface area (Å²) in [5, 5.41) is 3.24. The summed E-state index contributed by atoms with van der Waals surface area (Å²) in [6, 6.07) is 11.3. The second kappa shape index (κ2) is 7.57. The van der Waals surface area contributed by atoms with Gasteiger partial charge >= 0.3 is 0 Å². The molecule has 0 spiro atoms. The van der Waals surface area contributed by atoms with Crippen molar-refractivity contribution in [3.8, 4) is 0 Å². The second-order valence-corrected chi connectivity index (χ2v) is 7.04. The third-order valence-electron chi connectivity index (χ3n) is 3.74. The van der Waals surface area contributed by atoms with Crippen LogP contribution in [-0.4, -0.2) is 30.8 Å². The Morgan fingerprint density at radius 3 is 2.30 bits per heavy atom. The standard InChI is InChI=1S/C17H23N3O2S/c1-4-14-9-7-8-10-16(14)19-17-12-11-15(13-18-17)23(21,22)20(5-2)6-3/h7-13H,4-6H2,1-3H3,(H,18,19). The molecular weight excluding hydrogens is 310 g/mol. The molecule has 0 saturated carbocycles. The predicted octanol–water partition coefficient (Wildman–Crippen LogP) is 3.42. The normalized spacial score (nSPS) is 11.7. The number of benzene rings is 1. The van der Waals surface area contributed by atoms with Crippen molar-refractivity contribution in [3.63, 3.8) is 0 Å². The number of aromatic nitrogens is 1. The zero-order chi connectivity index (χ0) is 16.9. The molecule has 0 fully saturated rings. The van der Waals surface area contributed by atoms with Crippen molar-refractivity contribution in [3.05, 3.63) is 48.2 Å². The van der Waals surface area contributed by atoms with Crippen LogP contribution in [0.15, 0.2) is 47.5 Å². The number of hydrogen-bond donors (Lipinski definition) is 1. The lowest BCUT2D eigenvalue weighted by Gasteiger charge is -2.18. The van der Waals surface area contributed by atoms with E-state index in [1.807, 2.05) is 32.0 Å². The van der Waals surface area contributed by atoms with E-state index in [9.17, 15) is 8.42 Å². The Morgan fingerprint density at radius 1 is 1.04 bits per heavy atom. The fourth-order valence-corrected chi connectivity index (χ4v) is 3.81. The molecule has 0 radical (unpaired) electrons. The van der Waals surface area contributed by atoms with Crippen LogP contribution in [0.2, 0.25) is 0 Å². The summed E-state index contributed by atoms with van der Waals surface area (Å²) in [6.45, 7) is 6.64. The number of rotatable bonds is 7. The van der Waals surface area contributed by atoms with Crippen molar-refractivity contribution in [2.75, 3.05) is 18.4 Å². The summed E-state index contributed by atoms with van der Waals surface area (Å²) >= 11 is 0. The first-order chi connectivity index (χ1) is 11.0. The number of nitrogens with one attached hydrogen (secondary N) is 1. The van der Waals surface area contributed by atoms with Crippen LogP contribution < -0.4 is 5.32 Å². The van der Waals surface area contributed by atoms with Crippen LogP contribution in [0.25, 0.3) is 0 Å². The van der Waals surface area contributed by atoms with Gasteiger partial charge in [-0.15, -0.1) is 0 Å². The molecule has 0 saturated heterocycles. The van der Waals surface area contributed by atoms with Gasteiger partial charge in [0.05, 0.1) is 0 Å². The minimum Gasteiger partial charge on any atom is -0.340 e. The Bertz CT molecular complexity index is 739. The van der Waals surface area contributed by atoms with E-state index in [4.69, 9.17) is 0 Å². The zero-order valence-corrected chi connectivity index (χ0v) is 14.6. The number of nitrogens with zero attached hydrogens (tertiary/aromatic N) is 2. The molecule has 0 aliphatic rings. The molecule has 5 nitrogen and oxygen atoms in total. The number of pyridine rings is 1. The molecule has 2 aromatic rings. The van der Waals surface area contributed by atoms with Gasteiger partial charge in [0.1, 0.15) is 10.7 Å². The van der Waals surface area contributed by atoms with Gasteiger partial charge in [-0.25, -0.2) is 13.4 Å². The zero-order valence-electron chi connectivity index (χ0n) is 13.8. The molecule has 0 aliphatic heterocycles. The highest BCUT2D eigenvalue weighted by Gasteiger charge is 2.21. The van der Waals surface area contributed by atoms with E-state index in [1.165, 1.54) is 16.1 Å². The van der Waals surface area contributed by atoms with E-state index in [2.05, 4.69) is 23.3 Å². The van der Waals surface area contributed by atoms with Gasteiger partial charge < -0.3 is 5.32 Å². The van der Waals surface area contributed by atoms with Crippen molar-refractivity contribution < 1.29 is 8.42 Å². The van der Waals surface area contributed by atoms with E-state index in [0.29, 0.717) is 18.9 Å². The van der Waals surface area contributed by atoms with Crippen molar-refractivity contribution in [1.29, 1.82) is 0 Å². The van der Waals surface area contributed by atoms with E-state index in [1.54, 1.807) is 12.1 Å². The Kier molecular flexibility index (Phi) is 5.74. The summed E-state index contributed by atoms with van der Waals surface area (Å²) in [5.41, 5.74) is 2.18. The molecule has 2 rings (SSSR count). The van der Waals surface area contributed by atoms with Gasteiger partial charge in [-0.05, 0) is 30.2 Å². The lowest BCUT2D eigenvalue weighted by Crippen LogP contribution is -2.30. The number of sulfonamides is 1. The Morgan fingerprint density at radius 2 is 1.74 bits per heavy atom. The molecule has 1 aromatic carbocycles. The molecule has 1 N–H and O–H groups in total. The SMILES string of the molecule is CCc1ccccc1Nc1ccc(S(=O)(=O)N(CC)CC)cn1. The van der Waals surface area contributed by atoms with E-state index < -0.39 is 10.0 Å². The quantitative estimate of drug-likeness (QED) is 0.843. The van der Waals surface area contributed by atoms with Crippen LogP contribution in [0.5, 0.6) is 0 Å². The molecule has 0 aliphatic carbocycles. The van der Waals surface area contributed by atoms with E-state index in [-0.39, 0.29) is 4.90 Å². The second-order valence-electron chi connectivity index (χ2n) is 5.10. The van der Waals surface area contributed by atoms with Crippen molar-refractivity contribution in [2.45, 2.75) is 32.1 Å². The first-order valence-corrected chi connectivity index (χ1v) is 9.28. The lowest BCUT2D eigenvalue weighted by molar-refractivity contribution is 0.445. The summed E-state index contributed by atoms with van der Waals surface area (Å²) in [6.07, 6.45) is 2.32. The van der Waals surface area contributed by atoms with Crippen molar-refractivity contribution in [2.24, 2.45) is 0 Å². The molecule has 0 amide bonds. The third-order valence-corrected chi connectivity index (χ3v) is 5.77. The average Bonchev–Trinajstić information content (AvgIpc) is 2.57. The molecule has 6 heteroatoms. The topological polar surface area (TPSA) is 62.3 Å². The summed E-state index contributed by atoms with van der Waals surface area (Å²) in [4.78, 5) is 4.47. The highest BCUT2D eigenvalue weighted by atomic mass is 32.2. The Balaban J connectivity index is 2.23. The van der Waals surface area contributed by atoms with Gasteiger partial charge in [0, 0.05) is 25.0 Å². The highest BCUT2D eigenvalue weighted by Crippen LogP contribution is 2.21. The van der Waals surface area contributed by atoms with Gasteiger partial charge in [-0.1, -0.05) is 39.0 Å². The Hall–Kier alpha value is -1.92. The van der Waals surface area contributed by atoms with Crippen molar-refractivity contribution >= 4 is 21.5 Å². The number of anilines is 2. The van der Waals surface area contributed by atoms with Crippen LogP contribution >= 0.6 is 0 Å². The average molecular weight is 333 g/mol.